The van der Waals surface area contributed by atoms with Crippen LogP contribution in [0.15, 0.2) is 24.3 Å². The van der Waals surface area contributed by atoms with E-state index in [-0.39, 0.29) is 11.8 Å². The molecule has 0 bridgehead atoms. The number of nitrogens with one attached hydrogen (secondary N) is 2. The van der Waals surface area contributed by atoms with Gasteiger partial charge in [-0.05, 0) is 37.1 Å². The smallest absolute Gasteiger partial charge is 0.251 e. The highest BCUT2D eigenvalue weighted by atomic mass is 16.2. The molecule has 0 unspecified atom stereocenters. The molecule has 1 rings (SSSR count). The van der Waals surface area contributed by atoms with Gasteiger partial charge in [-0.15, -0.1) is 0 Å². The third-order valence-electron chi connectivity index (χ3n) is 3.00. The largest absolute Gasteiger partial charge is 0.352 e. The Balaban J connectivity index is 2.47. The minimum Gasteiger partial charge on any atom is -0.352 e. The van der Waals surface area contributed by atoms with Gasteiger partial charge in [-0.1, -0.05) is 26.7 Å². The quantitative estimate of drug-likeness (QED) is 0.715. The van der Waals surface area contributed by atoms with Crippen LogP contribution in [-0.4, -0.2) is 18.4 Å². The topological polar surface area (TPSA) is 58.2 Å². The maximum Gasteiger partial charge on any atom is 0.251 e. The Morgan fingerprint density at radius 3 is 2.25 bits per heavy atom. The fourth-order valence-corrected chi connectivity index (χ4v) is 1.75. The van der Waals surface area contributed by atoms with Gasteiger partial charge in [0.05, 0.1) is 0 Å². The van der Waals surface area contributed by atoms with Gasteiger partial charge in [-0.2, -0.15) is 0 Å². The summed E-state index contributed by atoms with van der Waals surface area (Å²) in [6.45, 7) is 4.84. The second-order valence-electron chi connectivity index (χ2n) is 4.84. The molecule has 1 aromatic rings. The molecule has 0 aliphatic carbocycles. The highest BCUT2D eigenvalue weighted by Gasteiger charge is 2.05. The van der Waals surface area contributed by atoms with Gasteiger partial charge in [0.25, 0.3) is 5.91 Å². The van der Waals surface area contributed by atoms with Crippen LogP contribution in [0, 0.1) is 0 Å². The zero-order chi connectivity index (χ0) is 14.8. The Morgan fingerprint density at radius 2 is 1.65 bits per heavy atom. The lowest BCUT2D eigenvalue weighted by atomic mass is 10.2. The minimum absolute atomic E-state index is 0.0204. The first-order valence-corrected chi connectivity index (χ1v) is 7.35. The van der Waals surface area contributed by atoms with E-state index in [1.807, 2.05) is 0 Å². The van der Waals surface area contributed by atoms with E-state index in [0.717, 1.165) is 31.4 Å². The second kappa shape index (κ2) is 9.13. The first-order valence-electron chi connectivity index (χ1n) is 7.35. The molecule has 0 spiro atoms. The fraction of sp³-hybridized carbons (Fsp3) is 0.500. The second-order valence-corrected chi connectivity index (χ2v) is 4.84. The highest BCUT2D eigenvalue weighted by Crippen LogP contribution is 2.10. The van der Waals surface area contributed by atoms with Gasteiger partial charge in [0.1, 0.15) is 0 Å². The summed E-state index contributed by atoms with van der Waals surface area (Å²) in [5, 5.41) is 5.69. The van der Waals surface area contributed by atoms with Gasteiger partial charge in [-0.25, -0.2) is 0 Å². The van der Waals surface area contributed by atoms with Crippen molar-refractivity contribution in [2.75, 3.05) is 11.9 Å². The molecule has 2 amide bonds. The predicted octanol–water partition coefficient (Wildman–Crippen LogP) is 3.35. The van der Waals surface area contributed by atoms with Crippen LogP contribution in [-0.2, 0) is 4.79 Å². The molecule has 0 atom stereocenters. The SMILES string of the molecule is CCCCNC(=O)c1ccc(NC(=O)CCCC)cc1. The molecule has 2 N–H and O–H groups in total. The number of anilines is 1. The highest BCUT2D eigenvalue weighted by molar-refractivity contribution is 5.95. The third-order valence-corrected chi connectivity index (χ3v) is 3.00. The summed E-state index contributed by atoms with van der Waals surface area (Å²) in [6.07, 6.45) is 4.48. The van der Waals surface area contributed by atoms with E-state index < -0.39 is 0 Å². The van der Waals surface area contributed by atoms with Crippen LogP contribution in [0.1, 0.15) is 56.3 Å². The molecule has 1 aromatic carbocycles. The Hall–Kier alpha value is -1.84. The molecule has 4 heteroatoms. The number of hydrogen-bond acceptors (Lipinski definition) is 2. The van der Waals surface area contributed by atoms with Crippen LogP contribution in [0.2, 0.25) is 0 Å². The molecule has 0 radical (unpaired) electrons. The van der Waals surface area contributed by atoms with Crippen LogP contribution < -0.4 is 10.6 Å². The van der Waals surface area contributed by atoms with Gasteiger partial charge in [0.15, 0.2) is 0 Å². The van der Waals surface area contributed by atoms with Crippen molar-refractivity contribution < 1.29 is 9.59 Å². The Morgan fingerprint density at radius 1 is 1.00 bits per heavy atom. The van der Waals surface area contributed by atoms with Crippen LogP contribution in [0.25, 0.3) is 0 Å². The summed E-state index contributed by atoms with van der Waals surface area (Å²) in [6, 6.07) is 6.99. The monoisotopic (exact) mass is 276 g/mol. The zero-order valence-corrected chi connectivity index (χ0v) is 12.4. The van der Waals surface area contributed by atoms with Gasteiger partial charge in [0, 0.05) is 24.2 Å². The van der Waals surface area contributed by atoms with Crippen molar-refractivity contribution >= 4 is 17.5 Å². The number of benzene rings is 1. The molecule has 0 aliphatic rings. The van der Waals surface area contributed by atoms with E-state index in [4.69, 9.17) is 0 Å². The number of hydrogen-bond donors (Lipinski definition) is 2. The summed E-state index contributed by atoms with van der Waals surface area (Å²) in [5.74, 6) is -0.0469. The lowest BCUT2D eigenvalue weighted by Crippen LogP contribution is -2.24. The van der Waals surface area contributed by atoms with E-state index in [1.165, 1.54) is 0 Å². The van der Waals surface area contributed by atoms with Crippen molar-refractivity contribution in [3.8, 4) is 0 Å². The molecular formula is C16H24N2O2. The van der Waals surface area contributed by atoms with E-state index in [0.29, 0.717) is 18.5 Å². The van der Waals surface area contributed by atoms with E-state index >= 15 is 0 Å². The Kier molecular flexibility index (Phi) is 7.40. The van der Waals surface area contributed by atoms with Crippen molar-refractivity contribution in [1.82, 2.24) is 5.32 Å². The molecule has 0 aliphatic heterocycles. The fourth-order valence-electron chi connectivity index (χ4n) is 1.75. The number of unbranched alkanes of at least 4 members (excludes halogenated alkanes) is 2. The first-order chi connectivity index (χ1) is 9.67. The lowest BCUT2D eigenvalue weighted by Gasteiger charge is -2.07. The summed E-state index contributed by atoms with van der Waals surface area (Å²) in [4.78, 5) is 23.4. The maximum absolute atomic E-state index is 11.8. The molecular weight excluding hydrogens is 252 g/mol. The van der Waals surface area contributed by atoms with E-state index in [9.17, 15) is 9.59 Å². The molecule has 0 aromatic heterocycles. The third kappa shape index (κ3) is 5.87. The van der Waals surface area contributed by atoms with Crippen LogP contribution >= 0.6 is 0 Å². The normalized spacial score (nSPS) is 10.1. The zero-order valence-electron chi connectivity index (χ0n) is 12.4. The molecule has 0 saturated carbocycles. The molecule has 110 valence electrons. The summed E-state index contributed by atoms with van der Waals surface area (Å²) in [7, 11) is 0. The number of carbonyl (C=O) groups excluding carboxylic acids is 2. The average Bonchev–Trinajstić information content (AvgIpc) is 2.46. The van der Waals surface area contributed by atoms with Crippen molar-refractivity contribution in [3.63, 3.8) is 0 Å². The summed E-state index contributed by atoms with van der Waals surface area (Å²) < 4.78 is 0. The number of carbonyl (C=O) groups is 2. The van der Waals surface area contributed by atoms with Crippen molar-refractivity contribution in [3.05, 3.63) is 29.8 Å². The maximum atomic E-state index is 11.8. The van der Waals surface area contributed by atoms with Gasteiger partial charge in [0.2, 0.25) is 5.91 Å². The summed E-state index contributed by atoms with van der Waals surface area (Å²) in [5.41, 5.74) is 1.35. The lowest BCUT2D eigenvalue weighted by molar-refractivity contribution is -0.116. The molecule has 20 heavy (non-hydrogen) atoms. The number of amides is 2. The Labute approximate surface area is 121 Å². The van der Waals surface area contributed by atoms with Crippen molar-refractivity contribution in [1.29, 1.82) is 0 Å². The Bertz CT molecular complexity index is 427. The molecule has 4 nitrogen and oxygen atoms in total. The molecule has 0 heterocycles. The summed E-state index contributed by atoms with van der Waals surface area (Å²) >= 11 is 0. The van der Waals surface area contributed by atoms with Crippen LogP contribution in [0.3, 0.4) is 0 Å². The van der Waals surface area contributed by atoms with E-state index in [2.05, 4.69) is 24.5 Å². The van der Waals surface area contributed by atoms with E-state index in [1.54, 1.807) is 24.3 Å². The molecule has 0 fully saturated rings. The van der Waals surface area contributed by atoms with Gasteiger partial charge < -0.3 is 10.6 Å². The first kappa shape index (κ1) is 16.2. The molecule has 0 saturated heterocycles. The van der Waals surface area contributed by atoms with Gasteiger partial charge in [-0.3, -0.25) is 9.59 Å². The van der Waals surface area contributed by atoms with Crippen LogP contribution in [0.4, 0.5) is 5.69 Å². The van der Waals surface area contributed by atoms with Crippen molar-refractivity contribution in [2.24, 2.45) is 0 Å². The minimum atomic E-state index is -0.0673. The van der Waals surface area contributed by atoms with Crippen LogP contribution in [0.5, 0.6) is 0 Å². The predicted molar refractivity (Wildman–Crippen MR) is 81.8 cm³/mol. The average molecular weight is 276 g/mol. The number of rotatable bonds is 8. The van der Waals surface area contributed by atoms with Crippen molar-refractivity contribution in [2.45, 2.75) is 46.0 Å². The van der Waals surface area contributed by atoms with Gasteiger partial charge >= 0.3 is 0 Å². The standard InChI is InChI=1S/C16H24N2O2/c1-3-5-7-15(19)18-14-10-8-13(9-11-14)16(20)17-12-6-4-2/h8-11H,3-7,12H2,1-2H3,(H,17,20)(H,18,19).